The van der Waals surface area contributed by atoms with Gasteiger partial charge in [0, 0.05) is 41.2 Å². The predicted molar refractivity (Wildman–Crippen MR) is 101 cm³/mol. The van der Waals surface area contributed by atoms with Gasteiger partial charge in [-0.15, -0.1) is 0 Å². The van der Waals surface area contributed by atoms with Crippen molar-refractivity contribution in [3.8, 4) is 0 Å². The van der Waals surface area contributed by atoms with E-state index in [-0.39, 0.29) is 11.7 Å². The van der Waals surface area contributed by atoms with Gasteiger partial charge in [0.25, 0.3) is 0 Å². The number of ether oxygens (including phenoxy) is 1. The van der Waals surface area contributed by atoms with E-state index in [1.54, 1.807) is 48.7 Å². The van der Waals surface area contributed by atoms with Crippen molar-refractivity contribution in [1.29, 1.82) is 0 Å². The van der Waals surface area contributed by atoms with Crippen LogP contribution in [0.2, 0.25) is 0 Å². The Morgan fingerprint density at radius 1 is 1.35 bits per heavy atom. The second-order valence-corrected chi connectivity index (χ2v) is 7.12. The van der Waals surface area contributed by atoms with Crippen LogP contribution in [0.1, 0.15) is 20.7 Å². The zero-order valence-corrected chi connectivity index (χ0v) is 15.0. The summed E-state index contributed by atoms with van der Waals surface area (Å²) in [5, 5.41) is 0.826. The fraction of sp³-hybridized carbons (Fsp3) is 0.211. The summed E-state index contributed by atoms with van der Waals surface area (Å²) < 4.78 is 6.85. The standard InChI is InChI=1S/C19H17N3O3S/c1-25-19(24)12-4-5-15-16(9-21-17(15)7-12)18(23)13-10-22(26-11-13)14-3-2-6-20-8-14/h2-9,13,21H,10-11H2,1H3. The van der Waals surface area contributed by atoms with Gasteiger partial charge in [0.2, 0.25) is 0 Å². The molecule has 1 aliphatic heterocycles. The summed E-state index contributed by atoms with van der Waals surface area (Å²) in [6, 6.07) is 9.08. The molecule has 3 heterocycles. The lowest BCUT2D eigenvalue weighted by Crippen LogP contribution is -2.22. The second kappa shape index (κ2) is 6.84. The van der Waals surface area contributed by atoms with Crippen LogP contribution in [-0.2, 0) is 4.74 Å². The number of hydrogen-bond donors (Lipinski definition) is 1. The fourth-order valence-electron chi connectivity index (χ4n) is 3.12. The number of ketones is 1. The molecule has 0 spiro atoms. The minimum Gasteiger partial charge on any atom is -0.465 e. The average molecular weight is 367 g/mol. The zero-order chi connectivity index (χ0) is 18.1. The van der Waals surface area contributed by atoms with Gasteiger partial charge >= 0.3 is 5.97 Å². The summed E-state index contributed by atoms with van der Waals surface area (Å²) in [6.07, 6.45) is 5.27. The Bertz CT molecular complexity index is 971. The number of carbonyl (C=O) groups is 2. The molecule has 4 rings (SSSR count). The van der Waals surface area contributed by atoms with Crippen molar-refractivity contribution in [3.63, 3.8) is 0 Å². The largest absolute Gasteiger partial charge is 0.465 e. The van der Waals surface area contributed by atoms with Gasteiger partial charge in [-0.25, -0.2) is 4.79 Å². The highest BCUT2D eigenvalue weighted by Gasteiger charge is 2.31. The zero-order valence-electron chi connectivity index (χ0n) is 14.1. The molecule has 26 heavy (non-hydrogen) atoms. The quantitative estimate of drug-likeness (QED) is 0.433. The number of benzene rings is 1. The van der Waals surface area contributed by atoms with Gasteiger partial charge in [-0.1, -0.05) is 6.07 Å². The fourth-order valence-corrected chi connectivity index (χ4v) is 4.28. The lowest BCUT2D eigenvalue weighted by molar-refractivity contribution is 0.0600. The molecular formula is C19H17N3O3S. The van der Waals surface area contributed by atoms with Crippen LogP contribution < -0.4 is 4.31 Å². The maximum atomic E-state index is 13.0. The number of methoxy groups -OCH3 is 1. The molecule has 1 aliphatic rings. The van der Waals surface area contributed by atoms with E-state index in [1.165, 1.54) is 7.11 Å². The number of anilines is 1. The Labute approximate surface area is 154 Å². The van der Waals surface area contributed by atoms with Gasteiger partial charge in [-0.2, -0.15) is 0 Å². The molecule has 2 aromatic heterocycles. The molecule has 132 valence electrons. The first-order valence-electron chi connectivity index (χ1n) is 8.21. The molecule has 0 aliphatic carbocycles. The van der Waals surface area contributed by atoms with Crippen LogP contribution in [0.3, 0.4) is 0 Å². The van der Waals surface area contributed by atoms with Crippen molar-refractivity contribution < 1.29 is 14.3 Å². The number of fused-ring (bicyclic) bond motifs is 1. The third-order valence-corrected chi connectivity index (χ3v) is 5.71. The molecule has 0 radical (unpaired) electrons. The molecule has 7 heteroatoms. The van der Waals surface area contributed by atoms with Crippen molar-refractivity contribution in [3.05, 3.63) is 60.0 Å². The number of esters is 1. The number of hydrogen-bond acceptors (Lipinski definition) is 6. The summed E-state index contributed by atoms with van der Waals surface area (Å²) in [7, 11) is 1.35. The molecule has 0 bridgehead atoms. The van der Waals surface area contributed by atoms with E-state index in [4.69, 9.17) is 4.74 Å². The van der Waals surface area contributed by atoms with Gasteiger partial charge in [0.05, 0.1) is 30.5 Å². The highest BCUT2D eigenvalue weighted by Crippen LogP contribution is 2.33. The minimum atomic E-state index is -0.395. The van der Waals surface area contributed by atoms with Crippen LogP contribution >= 0.6 is 11.9 Å². The molecule has 1 N–H and O–H groups in total. The number of pyridine rings is 1. The van der Waals surface area contributed by atoms with Crippen molar-refractivity contribution in [2.24, 2.45) is 5.92 Å². The van der Waals surface area contributed by atoms with Gasteiger partial charge in [0.15, 0.2) is 5.78 Å². The summed E-state index contributed by atoms with van der Waals surface area (Å²) in [5.74, 6) is 0.370. The number of Topliss-reactive ketones (excluding diaryl/α,β-unsaturated/α-hetero) is 1. The van der Waals surface area contributed by atoms with E-state index in [1.807, 2.05) is 12.1 Å². The van der Waals surface area contributed by atoms with Gasteiger partial charge in [-0.05, 0) is 36.2 Å². The third-order valence-electron chi connectivity index (χ3n) is 4.49. The third kappa shape index (κ3) is 2.94. The highest BCUT2D eigenvalue weighted by molar-refractivity contribution is 8.00. The van der Waals surface area contributed by atoms with E-state index >= 15 is 0 Å². The SMILES string of the molecule is COC(=O)c1ccc2c(C(=O)C3CSN(c4cccnc4)C3)c[nH]c2c1. The number of rotatable bonds is 4. The van der Waals surface area contributed by atoms with Crippen LogP contribution in [0.25, 0.3) is 10.9 Å². The Morgan fingerprint density at radius 2 is 2.23 bits per heavy atom. The lowest BCUT2D eigenvalue weighted by Gasteiger charge is -2.15. The molecule has 1 saturated heterocycles. The summed E-state index contributed by atoms with van der Waals surface area (Å²) in [6.45, 7) is 0.655. The van der Waals surface area contributed by atoms with Crippen molar-refractivity contribution in [2.45, 2.75) is 0 Å². The highest BCUT2D eigenvalue weighted by atomic mass is 32.2. The molecule has 1 unspecified atom stereocenters. The first kappa shape index (κ1) is 16.7. The molecule has 1 aromatic carbocycles. The first-order chi connectivity index (χ1) is 12.7. The number of nitrogens with zero attached hydrogens (tertiary/aromatic N) is 2. The van der Waals surface area contributed by atoms with Crippen molar-refractivity contribution >= 4 is 40.3 Å². The lowest BCUT2D eigenvalue weighted by atomic mass is 9.98. The summed E-state index contributed by atoms with van der Waals surface area (Å²) in [4.78, 5) is 31.9. The second-order valence-electron chi connectivity index (χ2n) is 6.08. The maximum Gasteiger partial charge on any atom is 0.337 e. The van der Waals surface area contributed by atoms with E-state index < -0.39 is 5.97 Å². The summed E-state index contributed by atoms with van der Waals surface area (Å²) >= 11 is 1.65. The normalized spacial score (nSPS) is 16.8. The van der Waals surface area contributed by atoms with Gasteiger partial charge in [-0.3, -0.25) is 9.78 Å². The molecule has 0 saturated carbocycles. The van der Waals surface area contributed by atoms with Crippen LogP contribution in [0, 0.1) is 5.92 Å². The number of aromatic amines is 1. The smallest absolute Gasteiger partial charge is 0.337 e. The summed E-state index contributed by atoms with van der Waals surface area (Å²) in [5.41, 5.74) is 2.88. The Balaban J connectivity index is 1.56. The molecule has 0 amide bonds. The van der Waals surface area contributed by atoms with E-state index in [9.17, 15) is 9.59 Å². The predicted octanol–water partition coefficient (Wildman–Crippen LogP) is 3.32. The molecular weight excluding hydrogens is 350 g/mol. The van der Waals surface area contributed by atoms with Gasteiger partial charge < -0.3 is 14.0 Å². The molecule has 1 fully saturated rings. The minimum absolute atomic E-state index is 0.0838. The number of aromatic nitrogens is 2. The topological polar surface area (TPSA) is 75.3 Å². The molecule has 6 nitrogen and oxygen atoms in total. The number of H-pyrrole nitrogens is 1. The molecule has 3 aromatic rings. The van der Waals surface area contributed by atoms with Crippen molar-refractivity contribution in [2.75, 3.05) is 23.7 Å². The van der Waals surface area contributed by atoms with Crippen LogP contribution in [0.5, 0.6) is 0 Å². The Hall–Kier alpha value is -2.80. The number of nitrogens with one attached hydrogen (secondary N) is 1. The Kier molecular flexibility index (Phi) is 4.38. The monoisotopic (exact) mass is 367 g/mol. The first-order valence-corrected chi connectivity index (χ1v) is 9.16. The van der Waals surface area contributed by atoms with E-state index in [0.717, 1.165) is 22.3 Å². The number of carbonyl (C=O) groups excluding carboxylic acids is 2. The van der Waals surface area contributed by atoms with E-state index in [2.05, 4.69) is 14.3 Å². The van der Waals surface area contributed by atoms with Crippen LogP contribution in [-0.4, -0.2) is 41.1 Å². The Morgan fingerprint density at radius 3 is 3.00 bits per heavy atom. The average Bonchev–Trinajstić information content (AvgIpc) is 3.34. The van der Waals surface area contributed by atoms with Gasteiger partial charge in [0.1, 0.15) is 0 Å². The van der Waals surface area contributed by atoms with Crippen LogP contribution in [0.4, 0.5) is 5.69 Å². The van der Waals surface area contributed by atoms with Crippen molar-refractivity contribution in [1.82, 2.24) is 9.97 Å². The van der Waals surface area contributed by atoms with E-state index in [0.29, 0.717) is 17.7 Å². The maximum absolute atomic E-state index is 13.0. The van der Waals surface area contributed by atoms with Crippen LogP contribution in [0.15, 0.2) is 48.9 Å². The molecule has 1 atom stereocenters.